The largest absolute Gasteiger partial charge is 0.497 e. The van der Waals surface area contributed by atoms with E-state index in [9.17, 15) is 4.79 Å². The van der Waals surface area contributed by atoms with Crippen LogP contribution in [0.1, 0.15) is 25.7 Å². The average Bonchev–Trinajstić information content (AvgIpc) is 2.55. The Morgan fingerprint density at radius 2 is 1.95 bits per heavy atom. The lowest BCUT2D eigenvalue weighted by Crippen LogP contribution is -2.32. The summed E-state index contributed by atoms with van der Waals surface area (Å²) in [7, 11) is 1.63. The summed E-state index contributed by atoms with van der Waals surface area (Å²) in [5, 5.41) is 8.69. The van der Waals surface area contributed by atoms with Gasteiger partial charge in [-0.15, -0.1) is 0 Å². The molecular weight excluding hydrogens is 302 g/mol. The van der Waals surface area contributed by atoms with Crippen molar-refractivity contribution < 1.29 is 14.7 Å². The smallest absolute Gasteiger partial charge is 0.258 e. The first kappa shape index (κ1) is 18.8. The van der Waals surface area contributed by atoms with Gasteiger partial charge in [-0.05, 0) is 55.6 Å². The average molecular weight is 327 g/mol. The predicted molar refractivity (Wildman–Crippen MR) is 87.9 cm³/mol. The highest BCUT2D eigenvalue weighted by molar-refractivity contribution is 7.97. The van der Waals surface area contributed by atoms with Crippen molar-refractivity contribution in [2.75, 3.05) is 26.7 Å². The number of nitrogens with one attached hydrogen (secondary N) is 1. The lowest BCUT2D eigenvalue weighted by molar-refractivity contribution is -0.129. The van der Waals surface area contributed by atoms with E-state index < -0.39 is 5.91 Å². The monoisotopic (exact) mass is 327 g/mol. The molecule has 0 aliphatic rings. The summed E-state index contributed by atoms with van der Waals surface area (Å²) in [6.07, 6.45) is 4.20. The van der Waals surface area contributed by atoms with Crippen molar-refractivity contribution in [2.45, 2.75) is 30.6 Å². The fourth-order valence-electron chi connectivity index (χ4n) is 1.92. The van der Waals surface area contributed by atoms with Crippen molar-refractivity contribution in [3.05, 3.63) is 24.3 Å². The number of nitrogens with zero attached hydrogens (tertiary/aromatic N) is 1. The van der Waals surface area contributed by atoms with Gasteiger partial charge < -0.3 is 10.5 Å². The lowest BCUT2D eigenvalue weighted by atomic mass is 10.2. The van der Waals surface area contributed by atoms with Gasteiger partial charge in [0.15, 0.2) is 0 Å². The van der Waals surface area contributed by atoms with Crippen LogP contribution in [0.2, 0.25) is 0 Å². The van der Waals surface area contributed by atoms with E-state index in [1.807, 2.05) is 28.6 Å². The van der Waals surface area contributed by atoms with Gasteiger partial charge in [0.05, 0.1) is 13.7 Å². The van der Waals surface area contributed by atoms with Crippen LogP contribution >= 0.6 is 11.9 Å². The minimum atomic E-state index is -0.414. The summed E-state index contributed by atoms with van der Waals surface area (Å²) in [5.74, 6) is 0.383. The Morgan fingerprint density at radius 3 is 2.55 bits per heavy atom. The maximum atomic E-state index is 11.4. The number of benzene rings is 1. The summed E-state index contributed by atoms with van der Waals surface area (Å²) in [6.45, 7) is 1.63. The van der Waals surface area contributed by atoms with Gasteiger partial charge in [0, 0.05) is 11.4 Å². The van der Waals surface area contributed by atoms with E-state index in [1.165, 1.54) is 11.9 Å². The Morgan fingerprint density at radius 1 is 1.27 bits per heavy atom. The summed E-state index contributed by atoms with van der Waals surface area (Å²) in [5.41, 5.74) is 7.15. The SMILES string of the molecule is COc1ccc(SN(CCCCCCN)CC(=O)NO)cc1. The van der Waals surface area contributed by atoms with Gasteiger partial charge >= 0.3 is 0 Å². The number of amides is 1. The second-order valence-electron chi connectivity index (χ2n) is 4.87. The second-order valence-corrected chi connectivity index (χ2v) is 6.04. The van der Waals surface area contributed by atoms with E-state index in [0.29, 0.717) is 0 Å². The first-order valence-electron chi connectivity index (χ1n) is 7.39. The molecule has 0 aromatic heterocycles. The summed E-state index contributed by atoms with van der Waals surface area (Å²) in [4.78, 5) is 12.4. The van der Waals surface area contributed by atoms with Crippen LogP contribution in [0, 0.1) is 0 Å². The molecule has 1 rings (SSSR count). The third-order valence-corrected chi connectivity index (χ3v) is 4.15. The van der Waals surface area contributed by atoms with Crippen molar-refractivity contribution in [3.63, 3.8) is 0 Å². The van der Waals surface area contributed by atoms with Gasteiger partial charge in [0.25, 0.3) is 5.91 Å². The first-order valence-corrected chi connectivity index (χ1v) is 8.17. The van der Waals surface area contributed by atoms with Gasteiger partial charge in [-0.3, -0.25) is 10.0 Å². The molecule has 1 aromatic carbocycles. The minimum absolute atomic E-state index is 0.143. The molecule has 1 aromatic rings. The molecule has 6 nitrogen and oxygen atoms in total. The molecule has 0 fully saturated rings. The van der Waals surface area contributed by atoms with Crippen molar-refractivity contribution in [3.8, 4) is 5.75 Å². The van der Waals surface area contributed by atoms with Gasteiger partial charge in [0.2, 0.25) is 0 Å². The van der Waals surface area contributed by atoms with Crippen LogP contribution in [0.25, 0.3) is 0 Å². The molecule has 0 bridgehead atoms. The van der Waals surface area contributed by atoms with E-state index in [-0.39, 0.29) is 6.54 Å². The van der Waals surface area contributed by atoms with Crippen LogP contribution in [-0.2, 0) is 4.79 Å². The lowest BCUT2D eigenvalue weighted by Gasteiger charge is -2.20. The number of methoxy groups -OCH3 is 1. The Hall–Kier alpha value is -1.28. The maximum absolute atomic E-state index is 11.4. The zero-order valence-electron chi connectivity index (χ0n) is 13.0. The Balaban J connectivity index is 2.50. The molecule has 0 aliphatic carbocycles. The quantitative estimate of drug-likeness (QED) is 0.249. The van der Waals surface area contributed by atoms with Crippen LogP contribution < -0.4 is 16.0 Å². The molecule has 22 heavy (non-hydrogen) atoms. The van der Waals surface area contributed by atoms with Crippen LogP contribution in [0.3, 0.4) is 0 Å². The van der Waals surface area contributed by atoms with Crippen molar-refractivity contribution in [2.24, 2.45) is 5.73 Å². The molecule has 1 amide bonds. The van der Waals surface area contributed by atoms with Crippen LogP contribution in [0.4, 0.5) is 0 Å². The number of unbranched alkanes of at least 4 members (excludes halogenated alkanes) is 3. The van der Waals surface area contributed by atoms with E-state index in [4.69, 9.17) is 15.7 Å². The number of rotatable bonds is 11. The van der Waals surface area contributed by atoms with Gasteiger partial charge in [0.1, 0.15) is 5.75 Å². The summed E-state index contributed by atoms with van der Waals surface area (Å²) in [6, 6.07) is 7.66. The number of hydrogen-bond donors (Lipinski definition) is 3. The molecular formula is C15H25N3O3S. The van der Waals surface area contributed by atoms with E-state index in [0.717, 1.165) is 49.4 Å². The normalized spacial score (nSPS) is 10.7. The Bertz CT molecular complexity index is 429. The van der Waals surface area contributed by atoms with Crippen LogP contribution in [-0.4, -0.2) is 42.2 Å². The third kappa shape index (κ3) is 7.65. The van der Waals surface area contributed by atoms with E-state index in [1.54, 1.807) is 12.6 Å². The fourth-order valence-corrected chi connectivity index (χ4v) is 2.88. The molecule has 4 N–H and O–H groups in total. The molecule has 7 heteroatoms. The molecule has 0 saturated carbocycles. The Labute approximate surface area is 136 Å². The highest BCUT2D eigenvalue weighted by Crippen LogP contribution is 2.25. The number of hydrogen-bond acceptors (Lipinski definition) is 6. The molecule has 0 spiro atoms. The van der Waals surface area contributed by atoms with Crippen molar-refractivity contribution in [1.82, 2.24) is 9.79 Å². The van der Waals surface area contributed by atoms with Gasteiger partial charge in [-0.2, -0.15) is 0 Å². The number of carbonyl (C=O) groups is 1. The highest BCUT2D eigenvalue weighted by Gasteiger charge is 2.12. The van der Waals surface area contributed by atoms with Crippen LogP contribution in [0.5, 0.6) is 5.75 Å². The number of ether oxygens (including phenoxy) is 1. The molecule has 0 aliphatic heterocycles. The zero-order valence-corrected chi connectivity index (χ0v) is 13.8. The predicted octanol–water partition coefficient (Wildman–Crippen LogP) is 2.03. The second kappa shape index (κ2) is 11.3. The summed E-state index contributed by atoms with van der Waals surface area (Å²) >= 11 is 1.50. The van der Waals surface area contributed by atoms with Crippen LogP contribution in [0.15, 0.2) is 29.2 Å². The van der Waals surface area contributed by atoms with Crippen molar-refractivity contribution >= 4 is 17.9 Å². The minimum Gasteiger partial charge on any atom is -0.497 e. The molecule has 124 valence electrons. The number of nitrogens with two attached hydrogens (primary N) is 1. The number of carbonyl (C=O) groups excluding carboxylic acids is 1. The van der Waals surface area contributed by atoms with Gasteiger partial charge in [-0.1, -0.05) is 12.8 Å². The standard InChI is InChI=1S/C15H25N3O3S/c1-21-13-6-8-14(9-7-13)22-18(12-15(19)17-20)11-5-3-2-4-10-16/h6-9,20H,2-5,10-12,16H2,1H3,(H,17,19). The molecule has 0 radical (unpaired) electrons. The fraction of sp³-hybridized carbons (Fsp3) is 0.533. The number of hydroxylamine groups is 1. The Kier molecular flexibility index (Phi) is 9.65. The molecule has 0 saturated heterocycles. The summed E-state index contributed by atoms with van der Waals surface area (Å²) < 4.78 is 7.07. The zero-order chi connectivity index (χ0) is 16.2. The van der Waals surface area contributed by atoms with Gasteiger partial charge in [-0.25, -0.2) is 9.79 Å². The maximum Gasteiger partial charge on any atom is 0.258 e. The highest BCUT2D eigenvalue weighted by atomic mass is 32.2. The molecule has 0 heterocycles. The third-order valence-electron chi connectivity index (χ3n) is 3.10. The van der Waals surface area contributed by atoms with Crippen molar-refractivity contribution in [1.29, 1.82) is 0 Å². The first-order chi connectivity index (χ1) is 10.7. The molecule has 0 atom stereocenters. The van der Waals surface area contributed by atoms with E-state index in [2.05, 4.69) is 0 Å². The molecule has 0 unspecified atom stereocenters. The van der Waals surface area contributed by atoms with E-state index >= 15 is 0 Å². The topological polar surface area (TPSA) is 87.8 Å².